The average Bonchev–Trinajstić information content (AvgIpc) is 2.15. The minimum atomic E-state index is -2.39. The summed E-state index contributed by atoms with van der Waals surface area (Å²) in [5.74, 6) is 0.501. The molecule has 0 aliphatic carbocycles. The van der Waals surface area contributed by atoms with Crippen LogP contribution in [0.5, 0.6) is 5.75 Å². The third-order valence-electron chi connectivity index (χ3n) is 2.27. The van der Waals surface area contributed by atoms with Crippen molar-refractivity contribution in [2.75, 3.05) is 0 Å². The van der Waals surface area contributed by atoms with Gasteiger partial charge in [-0.1, -0.05) is 32.9 Å². The van der Waals surface area contributed by atoms with Crippen molar-refractivity contribution in [3.8, 4) is 5.75 Å². The minimum absolute atomic E-state index is 0.133. The second-order valence-electron chi connectivity index (χ2n) is 4.63. The molecule has 0 radical (unpaired) electrons. The Bertz CT molecular complexity index is 361. The van der Waals surface area contributed by atoms with E-state index in [1.54, 1.807) is 6.07 Å². The van der Waals surface area contributed by atoms with Gasteiger partial charge in [0.25, 0.3) is 0 Å². The lowest BCUT2D eigenvalue weighted by Crippen LogP contribution is -2.13. The van der Waals surface area contributed by atoms with Gasteiger partial charge in [-0.05, 0) is 17.0 Å². The van der Waals surface area contributed by atoms with E-state index in [4.69, 9.17) is 20.0 Å². The summed E-state index contributed by atoms with van der Waals surface area (Å²) in [6, 6.07) is 5.49. The highest BCUT2D eigenvalue weighted by Crippen LogP contribution is 2.37. The van der Waals surface area contributed by atoms with Gasteiger partial charge >= 0.3 is 8.60 Å². The standard InChI is InChI=1S/C11H18NO3P/c1-11(2,3)9-6-8(7-12)4-5-10(9)15-16(13)14/h4-6,13-14H,7,12H2,1-3H3. The van der Waals surface area contributed by atoms with E-state index in [9.17, 15) is 0 Å². The van der Waals surface area contributed by atoms with Crippen LogP contribution in [0.4, 0.5) is 0 Å². The van der Waals surface area contributed by atoms with Crippen molar-refractivity contribution in [2.45, 2.75) is 32.7 Å². The molecule has 0 atom stereocenters. The molecule has 0 unspecified atom stereocenters. The Kier molecular flexibility index (Phi) is 4.28. The Morgan fingerprint density at radius 1 is 1.31 bits per heavy atom. The molecule has 0 aliphatic heterocycles. The Hall–Kier alpha value is -0.670. The largest absolute Gasteiger partial charge is 0.427 e. The van der Waals surface area contributed by atoms with Gasteiger partial charge in [-0.25, -0.2) is 0 Å². The van der Waals surface area contributed by atoms with Gasteiger partial charge in [0, 0.05) is 12.1 Å². The molecule has 0 saturated carbocycles. The molecule has 1 aromatic carbocycles. The molecule has 0 amide bonds. The molecule has 4 nitrogen and oxygen atoms in total. The molecule has 90 valence electrons. The van der Waals surface area contributed by atoms with E-state index in [2.05, 4.69) is 0 Å². The summed E-state index contributed by atoms with van der Waals surface area (Å²) in [6.45, 7) is 6.56. The van der Waals surface area contributed by atoms with E-state index in [1.165, 1.54) is 0 Å². The fourth-order valence-electron chi connectivity index (χ4n) is 1.46. The van der Waals surface area contributed by atoms with Crippen molar-refractivity contribution in [1.82, 2.24) is 0 Å². The lowest BCUT2D eigenvalue weighted by atomic mass is 9.85. The summed E-state index contributed by atoms with van der Waals surface area (Å²) in [5, 5.41) is 0. The van der Waals surface area contributed by atoms with E-state index in [-0.39, 0.29) is 5.41 Å². The molecule has 0 saturated heterocycles. The first-order valence-corrected chi connectivity index (χ1v) is 6.20. The molecule has 4 N–H and O–H groups in total. The molecule has 0 spiro atoms. The second-order valence-corrected chi connectivity index (χ2v) is 5.32. The fraction of sp³-hybridized carbons (Fsp3) is 0.455. The molecule has 1 aromatic rings. The zero-order valence-electron chi connectivity index (χ0n) is 9.77. The van der Waals surface area contributed by atoms with Crippen LogP contribution < -0.4 is 10.3 Å². The van der Waals surface area contributed by atoms with Crippen LogP contribution >= 0.6 is 8.60 Å². The van der Waals surface area contributed by atoms with Crippen LogP contribution in [0.15, 0.2) is 18.2 Å². The Morgan fingerprint density at radius 3 is 2.38 bits per heavy atom. The van der Waals surface area contributed by atoms with Crippen molar-refractivity contribution in [1.29, 1.82) is 0 Å². The van der Waals surface area contributed by atoms with Gasteiger partial charge in [-0.15, -0.1) is 0 Å². The second kappa shape index (κ2) is 5.11. The summed E-state index contributed by atoms with van der Waals surface area (Å²) in [4.78, 5) is 17.8. The van der Waals surface area contributed by atoms with E-state index in [0.29, 0.717) is 12.3 Å². The van der Waals surface area contributed by atoms with Crippen molar-refractivity contribution in [3.05, 3.63) is 29.3 Å². The molecule has 1 rings (SSSR count). The summed E-state index contributed by atoms with van der Waals surface area (Å²) < 4.78 is 5.01. The first-order chi connectivity index (χ1) is 7.34. The Labute approximate surface area is 97.1 Å². The number of hydrogen-bond donors (Lipinski definition) is 3. The highest BCUT2D eigenvalue weighted by Gasteiger charge is 2.20. The van der Waals surface area contributed by atoms with Crippen LogP contribution in [-0.2, 0) is 12.0 Å². The van der Waals surface area contributed by atoms with Crippen molar-refractivity contribution >= 4 is 8.60 Å². The van der Waals surface area contributed by atoms with Crippen LogP contribution in [-0.4, -0.2) is 9.79 Å². The molecule has 0 fully saturated rings. The van der Waals surface area contributed by atoms with Crippen LogP contribution in [0.2, 0.25) is 0 Å². The summed E-state index contributed by atoms with van der Waals surface area (Å²) in [5.41, 5.74) is 7.36. The van der Waals surface area contributed by atoms with Crippen LogP contribution in [0.3, 0.4) is 0 Å². The highest BCUT2D eigenvalue weighted by atomic mass is 31.2. The zero-order valence-corrected chi connectivity index (χ0v) is 10.7. The molecule has 0 aliphatic rings. The predicted molar refractivity (Wildman–Crippen MR) is 65.0 cm³/mol. The maximum Gasteiger partial charge on any atom is 0.391 e. The molecule has 0 heterocycles. The third-order valence-corrected chi connectivity index (χ3v) is 2.63. The monoisotopic (exact) mass is 243 g/mol. The molecule has 5 heteroatoms. The van der Waals surface area contributed by atoms with Crippen molar-refractivity contribution in [2.24, 2.45) is 5.73 Å². The highest BCUT2D eigenvalue weighted by molar-refractivity contribution is 7.39. The third kappa shape index (κ3) is 3.42. The van der Waals surface area contributed by atoms with Crippen molar-refractivity contribution in [3.63, 3.8) is 0 Å². The van der Waals surface area contributed by atoms with E-state index in [0.717, 1.165) is 11.1 Å². The van der Waals surface area contributed by atoms with E-state index >= 15 is 0 Å². The van der Waals surface area contributed by atoms with Gasteiger partial charge in [-0.3, -0.25) is 0 Å². The van der Waals surface area contributed by atoms with Gasteiger partial charge in [0.05, 0.1) is 0 Å². The van der Waals surface area contributed by atoms with Gasteiger partial charge in [0.15, 0.2) is 0 Å². The minimum Gasteiger partial charge on any atom is -0.427 e. The maximum atomic E-state index is 8.90. The van der Waals surface area contributed by atoms with Crippen molar-refractivity contribution < 1.29 is 14.3 Å². The van der Waals surface area contributed by atoms with E-state index < -0.39 is 8.60 Å². The lowest BCUT2D eigenvalue weighted by molar-refractivity contribution is 0.369. The first-order valence-electron chi connectivity index (χ1n) is 5.04. The average molecular weight is 243 g/mol. The normalized spacial score (nSPS) is 11.9. The number of benzene rings is 1. The van der Waals surface area contributed by atoms with Gasteiger partial charge < -0.3 is 20.0 Å². The fourth-order valence-corrected chi connectivity index (χ4v) is 1.79. The molecular weight excluding hydrogens is 225 g/mol. The lowest BCUT2D eigenvalue weighted by Gasteiger charge is -2.23. The summed E-state index contributed by atoms with van der Waals surface area (Å²) in [7, 11) is -2.39. The number of hydrogen-bond acceptors (Lipinski definition) is 4. The van der Waals surface area contributed by atoms with Gasteiger partial charge in [0.2, 0.25) is 0 Å². The Morgan fingerprint density at radius 2 is 1.94 bits per heavy atom. The summed E-state index contributed by atoms with van der Waals surface area (Å²) >= 11 is 0. The molecule has 16 heavy (non-hydrogen) atoms. The SMILES string of the molecule is CC(C)(C)c1cc(CN)ccc1OP(O)O. The Balaban J connectivity index is 3.17. The topological polar surface area (TPSA) is 75.7 Å². The summed E-state index contributed by atoms with van der Waals surface area (Å²) in [6.07, 6.45) is 0. The maximum absolute atomic E-state index is 8.90. The van der Waals surface area contributed by atoms with Crippen LogP contribution in [0.1, 0.15) is 31.9 Å². The number of nitrogens with two attached hydrogens (primary N) is 1. The molecule has 0 bridgehead atoms. The quantitative estimate of drug-likeness (QED) is 0.710. The molecular formula is C11H18NO3P. The first kappa shape index (κ1) is 13.4. The van der Waals surface area contributed by atoms with Crippen LogP contribution in [0, 0.1) is 0 Å². The van der Waals surface area contributed by atoms with Crippen LogP contribution in [0.25, 0.3) is 0 Å². The van der Waals surface area contributed by atoms with Gasteiger partial charge in [0.1, 0.15) is 5.75 Å². The smallest absolute Gasteiger partial charge is 0.391 e. The molecule has 0 aromatic heterocycles. The van der Waals surface area contributed by atoms with E-state index in [1.807, 2.05) is 32.9 Å². The zero-order chi connectivity index (χ0) is 12.3. The van der Waals surface area contributed by atoms with Gasteiger partial charge in [-0.2, -0.15) is 0 Å². The predicted octanol–water partition coefficient (Wildman–Crippen LogP) is 2.03. The number of rotatable bonds is 3.